The Morgan fingerprint density at radius 2 is 2.16 bits per heavy atom. The van der Waals surface area contributed by atoms with Crippen LogP contribution in [0.4, 0.5) is 4.79 Å². The maximum Gasteiger partial charge on any atom is 0.355 e. The Bertz CT molecular complexity index is 457. The van der Waals surface area contributed by atoms with Crippen LogP contribution in [0.3, 0.4) is 0 Å². The Morgan fingerprint density at radius 1 is 1.47 bits per heavy atom. The molecule has 1 heterocycles. The van der Waals surface area contributed by atoms with Crippen molar-refractivity contribution in [2.75, 3.05) is 6.54 Å². The average molecular weight is 285 g/mol. The summed E-state index contributed by atoms with van der Waals surface area (Å²) in [5.74, 6) is -1.03. The highest BCUT2D eigenvalue weighted by Gasteiger charge is 2.17. The summed E-state index contributed by atoms with van der Waals surface area (Å²) in [5.41, 5.74) is -0.182. The molecule has 0 aliphatic carbocycles. The molecule has 19 heavy (non-hydrogen) atoms. The van der Waals surface area contributed by atoms with Crippen molar-refractivity contribution in [1.29, 1.82) is 0 Å². The van der Waals surface area contributed by atoms with Crippen LogP contribution in [-0.2, 0) is 6.42 Å². The minimum absolute atomic E-state index is 0.0524. The summed E-state index contributed by atoms with van der Waals surface area (Å²) in [6.45, 7) is 6.33. The molecule has 0 saturated heterocycles. The van der Waals surface area contributed by atoms with Crippen LogP contribution in [0, 0.1) is 0 Å². The number of rotatable bonds is 6. The minimum atomic E-state index is -1.03. The van der Waals surface area contributed by atoms with Gasteiger partial charge in [0.15, 0.2) is 5.69 Å². The van der Waals surface area contributed by atoms with Crippen molar-refractivity contribution in [1.82, 2.24) is 15.6 Å². The lowest BCUT2D eigenvalue weighted by atomic mass is 10.0. The first-order chi connectivity index (χ1) is 8.84. The number of nitrogens with one attached hydrogen (secondary N) is 2. The minimum Gasteiger partial charge on any atom is -0.476 e. The summed E-state index contributed by atoms with van der Waals surface area (Å²) in [6, 6.07) is -0.220. The Hall–Kier alpha value is -1.63. The van der Waals surface area contributed by atoms with Crippen molar-refractivity contribution >= 4 is 23.3 Å². The topological polar surface area (TPSA) is 91.3 Å². The predicted octanol–water partition coefficient (Wildman–Crippen LogP) is 1.87. The zero-order valence-corrected chi connectivity index (χ0v) is 12.1. The van der Waals surface area contributed by atoms with Gasteiger partial charge in [-0.15, -0.1) is 11.3 Å². The van der Waals surface area contributed by atoms with E-state index in [1.54, 1.807) is 0 Å². The summed E-state index contributed by atoms with van der Waals surface area (Å²) >= 11 is 1.28. The summed E-state index contributed by atoms with van der Waals surface area (Å²) < 4.78 is 0. The van der Waals surface area contributed by atoms with Crippen molar-refractivity contribution in [2.45, 2.75) is 39.2 Å². The number of hydrogen-bond acceptors (Lipinski definition) is 4. The molecule has 106 valence electrons. The van der Waals surface area contributed by atoms with Crippen molar-refractivity contribution in [3.8, 4) is 0 Å². The van der Waals surface area contributed by atoms with Crippen LogP contribution in [0.2, 0.25) is 0 Å². The molecule has 0 unspecified atom stereocenters. The maximum atomic E-state index is 11.6. The van der Waals surface area contributed by atoms with Crippen LogP contribution in [-0.4, -0.2) is 34.2 Å². The molecule has 0 atom stereocenters. The number of carboxylic acids is 1. The van der Waals surface area contributed by atoms with Gasteiger partial charge in [-0.25, -0.2) is 14.6 Å². The maximum absolute atomic E-state index is 11.6. The lowest BCUT2D eigenvalue weighted by Gasteiger charge is -2.24. The fourth-order valence-corrected chi connectivity index (χ4v) is 2.02. The van der Waals surface area contributed by atoms with Gasteiger partial charge in [0, 0.05) is 23.9 Å². The number of nitrogens with zero attached hydrogens (tertiary/aromatic N) is 1. The van der Waals surface area contributed by atoms with Crippen molar-refractivity contribution in [3.05, 3.63) is 16.1 Å². The Kier molecular flexibility index (Phi) is 5.29. The number of carbonyl (C=O) groups is 2. The third-order valence-electron chi connectivity index (χ3n) is 2.73. The largest absolute Gasteiger partial charge is 0.476 e. The third-order valence-corrected chi connectivity index (χ3v) is 3.64. The van der Waals surface area contributed by atoms with Crippen LogP contribution < -0.4 is 10.6 Å². The molecule has 0 fully saturated rings. The molecule has 1 rings (SSSR count). The number of thiazole rings is 1. The Labute approximate surface area is 116 Å². The van der Waals surface area contributed by atoms with Gasteiger partial charge in [-0.05, 0) is 20.3 Å². The summed E-state index contributed by atoms with van der Waals surface area (Å²) in [4.78, 5) is 26.2. The molecule has 0 radical (unpaired) electrons. The number of hydrogen-bond donors (Lipinski definition) is 3. The van der Waals surface area contributed by atoms with Gasteiger partial charge in [-0.1, -0.05) is 6.92 Å². The highest BCUT2D eigenvalue weighted by Crippen LogP contribution is 2.10. The van der Waals surface area contributed by atoms with E-state index < -0.39 is 5.97 Å². The van der Waals surface area contributed by atoms with Crippen molar-refractivity contribution in [3.63, 3.8) is 0 Å². The van der Waals surface area contributed by atoms with Crippen LogP contribution in [0.5, 0.6) is 0 Å². The number of carboxylic acid groups (broad SMARTS) is 1. The van der Waals surface area contributed by atoms with E-state index in [4.69, 9.17) is 5.11 Å². The predicted molar refractivity (Wildman–Crippen MR) is 73.7 cm³/mol. The SMILES string of the molecule is CCC(C)(C)NC(=O)NCCc1nc(C(=O)O)cs1. The summed E-state index contributed by atoms with van der Waals surface area (Å²) in [5, 5.41) is 16.5. The molecular weight excluding hydrogens is 266 g/mol. The van der Waals surface area contributed by atoms with Crippen LogP contribution in [0.15, 0.2) is 5.38 Å². The van der Waals surface area contributed by atoms with E-state index in [0.717, 1.165) is 6.42 Å². The smallest absolute Gasteiger partial charge is 0.355 e. The van der Waals surface area contributed by atoms with E-state index >= 15 is 0 Å². The monoisotopic (exact) mass is 285 g/mol. The van der Waals surface area contributed by atoms with Gasteiger partial charge in [0.25, 0.3) is 0 Å². The Balaban J connectivity index is 2.33. The van der Waals surface area contributed by atoms with Crippen molar-refractivity contribution in [2.24, 2.45) is 0 Å². The van der Waals surface area contributed by atoms with Gasteiger partial charge in [0.1, 0.15) is 0 Å². The molecule has 0 aliphatic heterocycles. The molecule has 1 aromatic heterocycles. The first-order valence-electron chi connectivity index (χ1n) is 6.08. The van der Waals surface area contributed by atoms with Gasteiger partial charge in [0.05, 0.1) is 5.01 Å². The van der Waals surface area contributed by atoms with Gasteiger partial charge < -0.3 is 15.7 Å². The zero-order chi connectivity index (χ0) is 14.5. The second-order valence-corrected chi connectivity index (χ2v) is 5.74. The van der Waals surface area contributed by atoms with E-state index in [0.29, 0.717) is 18.0 Å². The Morgan fingerprint density at radius 3 is 2.68 bits per heavy atom. The first kappa shape index (κ1) is 15.4. The van der Waals surface area contributed by atoms with Crippen LogP contribution >= 0.6 is 11.3 Å². The first-order valence-corrected chi connectivity index (χ1v) is 6.95. The highest BCUT2D eigenvalue weighted by atomic mass is 32.1. The normalized spacial score (nSPS) is 11.1. The second-order valence-electron chi connectivity index (χ2n) is 4.80. The molecule has 2 amide bonds. The molecule has 7 heteroatoms. The molecule has 0 bridgehead atoms. The van der Waals surface area contributed by atoms with E-state index in [9.17, 15) is 9.59 Å². The molecule has 0 aliphatic rings. The van der Waals surface area contributed by atoms with Gasteiger partial charge in [0.2, 0.25) is 0 Å². The number of aromatic carboxylic acids is 1. The van der Waals surface area contributed by atoms with E-state index in [2.05, 4.69) is 15.6 Å². The van der Waals surface area contributed by atoms with Gasteiger partial charge in [-0.3, -0.25) is 0 Å². The fourth-order valence-electron chi connectivity index (χ4n) is 1.25. The number of aromatic nitrogens is 1. The lowest BCUT2D eigenvalue weighted by molar-refractivity contribution is 0.0691. The van der Waals surface area contributed by atoms with Crippen molar-refractivity contribution < 1.29 is 14.7 Å². The summed E-state index contributed by atoms with van der Waals surface area (Å²) in [7, 11) is 0. The number of amides is 2. The molecular formula is C12H19N3O3S. The molecule has 3 N–H and O–H groups in total. The quantitative estimate of drug-likeness (QED) is 0.744. The van der Waals surface area contributed by atoms with Gasteiger partial charge >= 0.3 is 12.0 Å². The van der Waals surface area contributed by atoms with Crippen LogP contribution in [0.25, 0.3) is 0 Å². The van der Waals surface area contributed by atoms with E-state index in [-0.39, 0.29) is 17.3 Å². The number of carbonyl (C=O) groups excluding carboxylic acids is 1. The number of urea groups is 1. The molecule has 0 spiro atoms. The average Bonchev–Trinajstić information content (AvgIpc) is 2.77. The van der Waals surface area contributed by atoms with E-state index in [1.165, 1.54) is 16.7 Å². The lowest BCUT2D eigenvalue weighted by Crippen LogP contribution is -2.48. The molecule has 0 aromatic carbocycles. The highest BCUT2D eigenvalue weighted by molar-refractivity contribution is 7.09. The van der Waals surface area contributed by atoms with Gasteiger partial charge in [-0.2, -0.15) is 0 Å². The zero-order valence-electron chi connectivity index (χ0n) is 11.3. The third kappa shape index (κ3) is 5.25. The summed E-state index contributed by atoms with van der Waals surface area (Å²) in [6.07, 6.45) is 1.37. The molecule has 6 nitrogen and oxygen atoms in total. The van der Waals surface area contributed by atoms with Crippen LogP contribution in [0.1, 0.15) is 42.7 Å². The standard InChI is InChI=1S/C12H19N3O3S/c1-4-12(2,3)15-11(18)13-6-5-9-14-8(7-19-9)10(16)17/h7H,4-6H2,1-3H3,(H,16,17)(H2,13,15,18). The molecule has 0 saturated carbocycles. The van der Waals surface area contributed by atoms with E-state index in [1.807, 2.05) is 20.8 Å². The molecule has 1 aromatic rings. The fraction of sp³-hybridized carbons (Fsp3) is 0.583. The second kappa shape index (κ2) is 6.51.